The van der Waals surface area contributed by atoms with E-state index in [-0.39, 0.29) is 24.0 Å². The van der Waals surface area contributed by atoms with Gasteiger partial charge in [0.05, 0.1) is 42.3 Å². The number of nitrogens with one attached hydrogen (secondary N) is 1. The van der Waals surface area contributed by atoms with Crippen molar-refractivity contribution in [2.75, 3.05) is 21.2 Å². The van der Waals surface area contributed by atoms with Gasteiger partial charge in [-0.25, -0.2) is 9.48 Å². The fraction of sp³-hybridized carbons (Fsp3) is 0.700. The number of allylic oxidation sites excluding steroid dienone is 1. The number of methoxy groups -OCH3 is 1. The van der Waals surface area contributed by atoms with E-state index in [0.29, 0.717) is 37.2 Å². The molecule has 304 valence electrons. The van der Waals surface area contributed by atoms with E-state index >= 15 is 0 Å². The molecular weight excluding hydrogens is 708 g/mol. The first kappa shape index (κ1) is 42.4. The number of fused-ring (bicyclic) bond motifs is 1. The number of pyridine rings is 1. The van der Waals surface area contributed by atoms with Gasteiger partial charge in [0, 0.05) is 31.2 Å². The van der Waals surface area contributed by atoms with Gasteiger partial charge in [-0.2, -0.15) is 0 Å². The van der Waals surface area contributed by atoms with Crippen molar-refractivity contribution < 1.29 is 43.2 Å². The minimum absolute atomic E-state index is 0.234. The zero-order valence-electron chi connectivity index (χ0n) is 34.1. The number of cyclic esters (lactones) is 1. The third kappa shape index (κ3) is 8.80. The Labute approximate surface area is 324 Å². The van der Waals surface area contributed by atoms with Crippen LogP contribution in [0.15, 0.2) is 42.2 Å². The van der Waals surface area contributed by atoms with Crippen LogP contribution in [0.2, 0.25) is 0 Å². The van der Waals surface area contributed by atoms with Crippen molar-refractivity contribution in [2.24, 2.45) is 23.7 Å². The molecule has 3 aliphatic heterocycles. The average molecular weight is 769 g/mol. The van der Waals surface area contributed by atoms with E-state index in [9.17, 15) is 19.5 Å². The molecule has 5 heterocycles. The van der Waals surface area contributed by atoms with E-state index in [1.807, 2.05) is 71.1 Å². The molecule has 0 aliphatic carbocycles. The zero-order valence-corrected chi connectivity index (χ0v) is 34.1. The zero-order chi connectivity index (χ0) is 40.4. The van der Waals surface area contributed by atoms with Crippen molar-refractivity contribution in [3.63, 3.8) is 0 Å². The number of esters is 1. The highest BCUT2D eigenvalue weighted by molar-refractivity contribution is 6.00. The fourth-order valence-electron chi connectivity index (χ4n) is 8.84. The summed E-state index contributed by atoms with van der Waals surface area (Å²) >= 11 is 0. The Balaban J connectivity index is 1.60. The van der Waals surface area contributed by atoms with Gasteiger partial charge in [0.2, 0.25) is 0 Å². The second kappa shape index (κ2) is 17.2. The van der Waals surface area contributed by atoms with Crippen LogP contribution in [0.25, 0.3) is 11.4 Å². The molecule has 1 unspecified atom stereocenters. The Morgan fingerprint density at radius 1 is 1.09 bits per heavy atom. The van der Waals surface area contributed by atoms with Crippen LogP contribution in [0.5, 0.6) is 0 Å². The maximum absolute atomic E-state index is 14.3. The van der Waals surface area contributed by atoms with Crippen molar-refractivity contribution in [2.45, 2.75) is 135 Å². The van der Waals surface area contributed by atoms with Gasteiger partial charge in [-0.1, -0.05) is 50.6 Å². The molecule has 3 fully saturated rings. The number of rotatable bonds is 8. The highest BCUT2D eigenvalue weighted by Crippen LogP contribution is 2.43. The average Bonchev–Trinajstić information content (AvgIpc) is 3.76. The molecule has 2 aromatic heterocycles. The van der Waals surface area contributed by atoms with Gasteiger partial charge in [-0.3, -0.25) is 14.6 Å². The van der Waals surface area contributed by atoms with Crippen molar-refractivity contribution in [3.8, 4) is 11.4 Å². The highest BCUT2D eigenvalue weighted by atomic mass is 16.7. The molecule has 0 radical (unpaired) electrons. The normalized spacial score (nSPS) is 38.6. The first-order valence-electron chi connectivity index (χ1n) is 19.4. The number of aliphatic hydroxyl groups excluding tert-OH is 1. The number of amides is 1. The summed E-state index contributed by atoms with van der Waals surface area (Å²) in [7, 11) is 5.36. The Hall–Kier alpha value is -3.76. The van der Waals surface area contributed by atoms with Crippen LogP contribution in [0.4, 0.5) is 4.79 Å². The number of aromatic nitrogens is 4. The summed E-state index contributed by atoms with van der Waals surface area (Å²) in [6.45, 7) is 15.1. The second-order valence-corrected chi connectivity index (χ2v) is 16.2. The number of nitrogens with zero attached hydrogens (tertiary/aromatic N) is 5. The van der Waals surface area contributed by atoms with Crippen LogP contribution < -0.4 is 5.32 Å². The van der Waals surface area contributed by atoms with Crippen molar-refractivity contribution in [3.05, 3.63) is 42.2 Å². The lowest BCUT2D eigenvalue weighted by Gasteiger charge is -2.47. The topological polar surface area (TPSA) is 176 Å². The molecule has 55 heavy (non-hydrogen) atoms. The second-order valence-electron chi connectivity index (χ2n) is 16.2. The smallest absolute Gasteiger partial charge is 0.408 e. The Kier molecular flexibility index (Phi) is 13.2. The monoisotopic (exact) mass is 768 g/mol. The quantitative estimate of drug-likeness (QED) is 0.222. The summed E-state index contributed by atoms with van der Waals surface area (Å²) in [6.07, 6.45) is 2.08. The van der Waals surface area contributed by atoms with Crippen molar-refractivity contribution in [1.82, 2.24) is 30.2 Å². The molecule has 0 saturated carbocycles. The van der Waals surface area contributed by atoms with Crippen LogP contribution >= 0.6 is 0 Å². The van der Waals surface area contributed by atoms with Gasteiger partial charge in [0.25, 0.3) is 0 Å². The minimum Gasteiger partial charge on any atom is -0.458 e. The van der Waals surface area contributed by atoms with Gasteiger partial charge >= 0.3 is 12.1 Å². The number of Topliss-reactive ketones (excluding diaryl/α,β-unsaturated/α-hetero) is 1. The molecule has 3 saturated heterocycles. The van der Waals surface area contributed by atoms with Gasteiger partial charge in [-0.15, -0.1) is 5.10 Å². The van der Waals surface area contributed by atoms with E-state index in [0.717, 1.165) is 5.57 Å². The van der Waals surface area contributed by atoms with E-state index < -0.39 is 71.5 Å². The lowest BCUT2D eigenvalue weighted by Crippen LogP contribution is -2.59. The van der Waals surface area contributed by atoms with E-state index in [1.165, 1.54) is 6.92 Å². The molecule has 15 nitrogen and oxygen atoms in total. The third-order valence-electron chi connectivity index (χ3n) is 12.1. The van der Waals surface area contributed by atoms with E-state index in [1.54, 1.807) is 31.8 Å². The van der Waals surface area contributed by atoms with Crippen molar-refractivity contribution in [1.29, 1.82) is 0 Å². The molecule has 15 heteroatoms. The van der Waals surface area contributed by atoms with Gasteiger partial charge < -0.3 is 39.0 Å². The van der Waals surface area contributed by atoms with Crippen LogP contribution in [0.1, 0.15) is 74.7 Å². The number of hydrogen-bond acceptors (Lipinski definition) is 13. The number of aliphatic hydroxyl groups is 1. The van der Waals surface area contributed by atoms with Gasteiger partial charge in [0.1, 0.15) is 23.8 Å². The summed E-state index contributed by atoms with van der Waals surface area (Å²) < 4.78 is 33.0. The maximum atomic E-state index is 14.3. The van der Waals surface area contributed by atoms with Gasteiger partial charge in [0.15, 0.2) is 17.7 Å². The van der Waals surface area contributed by atoms with Crippen molar-refractivity contribution >= 4 is 17.8 Å². The number of alkyl carbamates (subject to hydrolysis) is 1. The number of hydrogen-bond donors (Lipinski definition) is 2. The molecule has 0 spiro atoms. The van der Waals surface area contributed by atoms with Gasteiger partial charge in [-0.05, 0) is 79.1 Å². The standard InChI is InChI=1S/C40H60N6O9/c1-12-31-40(8)34(42-38(50)55-40)24(4)27(16-18-46-21-29(43-44-46)28-15-13-14-17-41-28)22(2)20-39(7,51-11)35(25(5)32(47)26(6)36(49)53-31)54-37-33(48)30(45(9)10)19-23(3)52-37/h13-17,21-26,30-31,33-35,37,48H,12,18-20H2,1-11H3,(H,42,50)/b27-16+/t22-,23-,24+,25+,26-,30+,31-,33-,34+,35-,37?,39-,40-/m1/s1. The molecule has 5 rings (SSSR count). The lowest BCUT2D eigenvalue weighted by atomic mass is 9.71. The van der Waals surface area contributed by atoms with E-state index in [2.05, 4.69) is 33.6 Å². The van der Waals surface area contributed by atoms with Crippen LogP contribution in [0, 0.1) is 23.7 Å². The molecule has 1 amide bonds. The third-order valence-corrected chi connectivity index (χ3v) is 12.1. The van der Waals surface area contributed by atoms with Crippen LogP contribution in [0.3, 0.4) is 0 Å². The largest absolute Gasteiger partial charge is 0.458 e. The molecule has 2 aromatic rings. The first-order chi connectivity index (χ1) is 25.9. The molecule has 13 atom stereocenters. The lowest BCUT2D eigenvalue weighted by molar-refractivity contribution is -0.295. The number of carbonyl (C=O) groups is 3. The predicted octanol–water partition coefficient (Wildman–Crippen LogP) is 4.19. The fourth-order valence-corrected chi connectivity index (χ4v) is 8.84. The molecule has 0 bridgehead atoms. The Morgan fingerprint density at radius 3 is 2.45 bits per heavy atom. The highest BCUT2D eigenvalue weighted by Gasteiger charge is 2.56. The first-order valence-corrected chi connectivity index (χ1v) is 19.4. The summed E-state index contributed by atoms with van der Waals surface area (Å²) in [5, 5.41) is 23.2. The maximum Gasteiger partial charge on any atom is 0.408 e. The van der Waals surface area contributed by atoms with Crippen LogP contribution in [-0.2, 0) is 39.8 Å². The summed E-state index contributed by atoms with van der Waals surface area (Å²) in [4.78, 5) is 47.6. The molecule has 0 aromatic carbocycles. The number of carbonyl (C=O) groups excluding carboxylic acids is 3. The Morgan fingerprint density at radius 2 is 1.82 bits per heavy atom. The SMILES string of the molecule is CC[C@H]1OC(=O)[C@H](C)C(=O)[C@H](C)[C@@H](OC2O[C@H](C)C[C@H](N(C)C)[C@H]2O)[C@](C)(OC)C[C@@H](C)/C(=C\Cn2cc(-c3ccccn3)nn2)[C@H](C)[C@@H]2NC(=O)O[C@]12C. The minimum atomic E-state index is -1.26. The Bertz CT molecular complexity index is 1690. The number of ketones is 1. The number of likely N-dealkylation sites (N-methyl/N-ethyl adjacent to an activating group) is 1. The van der Waals surface area contributed by atoms with Crippen LogP contribution in [-0.4, -0.2) is 123 Å². The summed E-state index contributed by atoms with van der Waals surface area (Å²) in [5.74, 6) is -3.80. The molecular formula is C40H60N6O9. The predicted molar refractivity (Wildman–Crippen MR) is 202 cm³/mol. The number of ether oxygens (including phenoxy) is 5. The molecule has 3 aliphatic rings. The molecule has 2 N–H and O–H groups in total. The summed E-state index contributed by atoms with van der Waals surface area (Å²) in [5.41, 5.74) is -0.147. The summed E-state index contributed by atoms with van der Waals surface area (Å²) in [6, 6.07) is 4.72. The van der Waals surface area contributed by atoms with E-state index in [4.69, 9.17) is 23.7 Å².